The molecule has 1 atom stereocenters. The molecular formula is C16H24FNO. The van der Waals surface area contributed by atoms with Crippen molar-refractivity contribution in [2.24, 2.45) is 5.73 Å². The molecule has 1 aliphatic rings. The number of hydrogen-bond acceptors (Lipinski definition) is 2. The second-order valence-electron chi connectivity index (χ2n) is 5.54. The molecule has 19 heavy (non-hydrogen) atoms. The third kappa shape index (κ3) is 3.34. The fourth-order valence-corrected chi connectivity index (χ4v) is 2.71. The lowest BCUT2D eigenvalue weighted by Gasteiger charge is -2.28. The van der Waals surface area contributed by atoms with Gasteiger partial charge in [-0.15, -0.1) is 0 Å². The fourth-order valence-electron chi connectivity index (χ4n) is 2.71. The maximum Gasteiger partial charge on any atom is 0.159 e. The molecule has 1 aliphatic carbocycles. The first kappa shape index (κ1) is 14.5. The summed E-state index contributed by atoms with van der Waals surface area (Å²) < 4.78 is 20.0. The van der Waals surface area contributed by atoms with Crippen molar-refractivity contribution in [3.63, 3.8) is 0 Å². The zero-order chi connectivity index (χ0) is 13.7. The Morgan fingerprint density at radius 2 is 2.00 bits per heavy atom. The van der Waals surface area contributed by atoms with Crippen LogP contribution in [0.2, 0.25) is 0 Å². The normalized spacial score (nSPS) is 18.9. The molecule has 0 aliphatic heterocycles. The van der Waals surface area contributed by atoms with Crippen LogP contribution in [-0.4, -0.2) is 20.3 Å². The van der Waals surface area contributed by atoms with Crippen molar-refractivity contribution in [2.45, 2.75) is 43.7 Å². The Hall–Kier alpha value is -0.930. The van der Waals surface area contributed by atoms with Crippen molar-refractivity contribution in [1.29, 1.82) is 0 Å². The monoisotopic (exact) mass is 265 g/mol. The molecule has 1 fully saturated rings. The van der Waals surface area contributed by atoms with Crippen LogP contribution in [0.5, 0.6) is 0 Å². The first-order valence-corrected chi connectivity index (χ1v) is 7.18. The van der Waals surface area contributed by atoms with Gasteiger partial charge in [0.05, 0.1) is 6.61 Å². The van der Waals surface area contributed by atoms with Crippen molar-refractivity contribution in [3.8, 4) is 0 Å². The van der Waals surface area contributed by atoms with Gasteiger partial charge in [0, 0.05) is 7.11 Å². The van der Waals surface area contributed by atoms with Gasteiger partial charge in [-0.3, -0.25) is 0 Å². The number of nitrogens with two attached hydrogens (primary N) is 1. The van der Waals surface area contributed by atoms with E-state index in [2.05, 4.69) is 12.1 Å². The van der Waals surface area contributed by atoms with E-state index in [0.717, 1.165) is 0 Å². The smallest absolute Gasteiger partial charge is 0.159 e. The van der Waals surface area contributed by atoms with Gasteiger partial charge in [0.15, 0.2) is 5.67 Å². The van der Waals surface area contributed by atoms with Gasteiger partial charge >= 0.3 is 0 Å². The maximum atomic E-state index is 15.0. The number of rotatable bonds is 7. The van der Waals surface area contributed by atoms with E-state index < -0.39 is 5.67 Å². The molecule has 2 rings (SSSR count). The summed E-state index contributed by atoms with van der Waals surface area (Å²) in [5.74, 6) is 0.689. The van der Waals surface area contributed by atoms with Gasteiger partial charge in [-0.05, 0) is 49.3 Å². The quantitative estimate of drug-likeness (QED) is 0.819. The SMILES string of the molecule is COCC(F)(CCCN)c1ccc(C2CCC2)cc1. The molecule has 0 radical (unpaired) electrons. The van der Waals surface area contributed by atoms with E-state index in [-0.39, 0.29) is 6.61 Å². The summed E-state index contributed by atoms with van der Waals surface area (Å²) in [6, 6.07) is 7.99. The summed E-state index contributed by atoms with van der Waals surface area (Å²) in [6.45, 7) is 0.602. The van der Waals surface area contributed by atoms with Crippen molar-refractivity contribution >= 4 is 0 Å². The molecular weight excluding hydrogens is 241 g/mol. The van der Waals surface area contributed by atoms with Crippen LogP contribution in [0.1, 0.15) is 49.1 Å². The number of hydrogen-bond donors (Lipinski definition) is 1. The van der Waals surface area contributed by atoms with Crippen LogP contribution >= 0.6 is 0 Å². The Bertz CT molecular complexity index is 388. The van der Waals surface area contributed by atoms with Crippen LogP contribution in [0.3, 0.4) is 0 Å². The highest BCUT2D eigenvalue weighted by atomic mass is 19.1. The summed E-state index contributed by atoms with van der Waals surface area (Å²) in [7, 11) is 1.54. The van der Waals surface area contributed by atoms with Gasteiger partial charge < -0.3 is 10.5 Å². The van der Waals surface area contributed by atoms with E-state index >= 15 is 0 Å². The highest BCUT2D eigenvalue weighted by Gasteiger charge is 2.31. The molecule has 106 valence electrons. The fraction of sp³-hybridized carbons (Fsp3) is 0.625. The first-order valence-electron chi connectivity index (χ1n) is 7.18. The molecule has 2 N–H and O–H groups in total. The molecule has 1 aromatic carbocycles. The van der Waals surface area contributed by atoms with Gasteiger partial charge in [-0.1, -0.05) is 30.7 Å². The topological polar surface area (TPSA) is 35.2 Å². The number of halogens is 1. The van der Waals surface area contributed by atoms with Crippen LogP contribution < -0.4 is 5.73 Å². The van der Waals surface area contributed by atoms with Gasteiger partial charge in [0.2, 0.25) is 0 Å². The molecule has 0 amide bonds. The van der Waals surface area contributed by atoms with E-state index in [0.29, 0.717) is 30.9 Å². The lowest BCUT2D eigenvalue weighted by Crippen LogP contribution is -2.27. The Morgan fingerprint density at radius 1 is 1.32 bits per heavy atom. The van der Waals surface area contributed by atoms with Crippen LogP contribution in [-0.2, 0) is 10.4 Å². The minimum Gasteiger partial charge on any atom is -0.381 e. The number of benzene rings is 1. The largest absolute Gasteiger partial charge is 0.381 e. The maximum absolute atomic E-state index is 15.0. The minimum absolute atomic E-state index is 0.0930. The molecule has 1 unspecified atom stereocenters. The second kappa shape index (κ2) is 6.49. The summed E-state index contributed by atoms with van der Waals surface area (Å²) >= 11 is 0. The number of ether oxygens (including phenoxy) is 1. The molecule has 1 saturated carbocycles. The van der Waals surface area contributed by atoms with Crippen LogP contribution in [0.15, 0.2) is 24.3 Å². The van der Waals surface area contributed by atoms with Crippen molar-refractivity contribution in [2.75, 3.05) is 20.3 Å². The summed E-state index contributed by atoms with van der Waals surface area (Å²) in [4.78, 5) is 0. The standard InChI is InChI=1S/C16H24FNO/c1-19-12-16(17,10-3-11-18)15-8-6-14(7-9-15)13-4-2-5-13/h6-9,13H,2-5,10-12,18H2,1H3. The third-order valence-corrected chi connectivity index (χ3v) is 4.15. The van der Waals surface area contributed by atoms with Crippen LogP contribution in [0.25, 0.3) is 0 Å². The second-order valence-corrected chi connectivity index (χ2v) is 5.54. The molecule has 0 saturated heterocycles. The number of alkyl halides is 1. The van der Waals surface area contributed by atoms with Crippen molar-refractivity contribution in [3.05, 3.63) is 35.4 Å². The van der Waals surface area contributed by atoms with E-state index in [1.54, 1.807) is 7.11 Å². The highest BCUT2D eigenvalue weighted by molar-refractivity contribution is 5.30. The Morgan fingerprint density at radius 3 is 2.47 bits per heavy atom. The lowest BCUT2D eigenvalue weighted by molar-refractivity contribution is 0.0303. The zero-order valence-corrected chi connectivity index (χ0v) is 11.7. The first-order chi connectivity index (χ1) is 9.19. The molecule has 3 heteroatoms. The Balaban J connectivity index is 2.11. The van der Waals surface area contributed by atoms with Gasteiger partial charge in [-0.25, -0.2) is 4.39 Å². The predicted molar refractivity (Wildman–Crippen MR) is 76.0 cm³/mol. The molecule has 0 spiro atoms. The summed E-state index contributed by atoms with van der Waals surface area (Å²) in [5.41, 5.74) is 6.14. The lowest BCUT2D eigenvalue weighted by atomic mass is 9.79. The highest BCUT2D eigenvalue weighted by Crippen LogP contribution is 2.38. The van der Waals surface area contributed by atoms with E-state index in [9.17, 15) is 4.39 Å². The molecule has 1 aromatic rings. The van der Waals surface area contributed by atoms with Gasteiger partial charge in [-0.2, -0.15) is 0 Å². The zero-order valence-electron chi connectivity index (χ0n) is 11.7. The minimum atomic E-state index is -1.41. The van der Waals surface area contributed by atoms with Crippen molar-refractivity contribution in [1.82, 2.24) is 0 Å². The molecule has 0 aromatic heterocycles. The van der Waals surface area contributed by atoms with Gasteiger partial charge in [0.1, 0.15) is 0 Å². The Kier molecular flexibility index (Phi) is 4.94. The van der Waals surface area contributed by atoms with E-state index in [1.165, 1.54) is 24.8 Å². The average molecular weight is 265 g/mol. The van der Waals surface area contributed by atoms with E-state index in [4.69, 9.17) is 10.5 Å². The molecule has 0 bridgehead atoms. The van der Waals surface area contributed by atoms with Crippen molar-refractivity contribution < 1.29 is 9.13 Å². The summed E-state index contributed by atoms with van der Waals surface area (Å²) in [5, 5.41) is 0. The van der Waals surface area contributed by atoms with Gasteiger partial charge in [0.25, 0.3) is 0 Å². The summed E-state index contributed by atoms with van der Waals surface area (Å²) in [6.07, 6.45) is 4.95. The number of methoxy groups -OCH3 is 1. The average Bonchev–Trinajstić information content (AvgIpc) is 2.35. The van der Waals surface area contributed by atoms with Crippen LogP contribution in [0, 0.1) is 0 Å². The third-order valence-electron chi connectivity index (χ3n) is 4.15. The predicted octanol–water partition coefficient (Wildman–Crippen LogP) is 3.50. The molecule has 0 heterocycles. The van der Waals surface area contributed by atoms with E-state index in [1.807, 2.05) is 12.1 Å². The van der Waals surface area contributed by atoms with Crippen LogP contribution in [0.4, 0.5) is 4.39 Å². The Labute approximate surface area is 115 Å². The molecule has 2 nitrogen and oxygen atoms in total.